The molecule has 8 heteroatoms. The maximum Gasteiger partial charge on any atom is 0.232 e. The first-order valence-electron chi connectivity index (χ1n) is 10.2. The quantitative estimate of drug-likeness (QED) is 0.570. The van der Waals surface area contributed by atoms with Gasteiger partial charge in [-0.25, -0.2) is 0 Å². The molecule has 0 bridgehead atoms. The van der Waals surface area contributed by atoms with Crippen LogP contribution < -0.4 is 25.6 Å². The Bertz CT molecular complexity index is 985. The lowest BCUT2D eigenvalue weighted by molar-refractivity contribution is -0.915. The van der Waals surface area contributed by atoms with E-state index in [-0.39, 0.29) is 5.95 Å². The third-order valence-electron chi connectivity index (χ3n) is 5.41. The van der Waals surface area contributed by atoms with Crippen molar-refractivity contribution in [3.05, 3.63) is 59.9 Å². The van der Waals surface area contributed by atoms with Gasteiger partial charge in [-0.2, -0.15) is 15.0 Å². The largest absolute Gasteiger partial charge is 0.497 e. The number of nitrogens with two attached hydrogens (primary N) is 1. The normalized spacial score (nSPS) is 14.5. The molecule has 8 nitrogen and oxygen atoms in total. The number of piperazine rings is 1. The number of para-hydroxylation sites is 1. The molecule has 30 heavy (non-hydrogen) atoms. The molecule has 0 spiro atoms. The summed E-state index contributed by atoms with van der Waals surface area (Å²) >= 11 is 0. The van der Waals surface area contributed by atoms with Gasteiger partial charge in [0.05, 0.1) is 33.3 Å². The highest BCUT2D eigenvalue weighted by Crippen LogP contribution is 2.19. The maximum absolute atomic E-state index is 5.95. The van der Waals surface area contributed by atoms with E-state index in [0.717, 1.165) is 49.7 Å². The molecular formula is C22H28N7O+. The van der Waals surface area contributed by atoms with E-state index in [1.807, 2.05) is 43.3 Å². The second-order valence-corrected chi connectivity index (χ2v) is 7.49. The molecule has 0 unspecified atom stereocenters. The van der Waals surface area contributed by atoms with E-state index in [1.165, 1.54) is 10.6 Å². The van der Waals surface area contributed by atoms with E-state index in [1.54, 1.807) is 7.11 Å². The van der Waals surface area contributed by atoms with Crippen molar-refractivity contribution in [2.75, 3.05) is 49.2 Å². The molecule has 0 radical (unpaired) electrons. The van der Waals surface area contributed by atoms with Crippen LogP contribution in [-0.4, -0.2) is 48.2 Å². The molecule has 1 aliphatic rings. The third-order valence-corrected chi connectivity index (χ3v) is 5.41. The van der Waals surface area contributed by atoms with Crippen LogP contribution in [0, 0.1) is 6.92 Å². The Hall–Kier alpha value is -3.39. The summed E-state index contributed by atoms with van der Waals surface area (Å²) in [7, 11) is 1.69. The molecule has 2 heterocycles. The highest BCUT2D eigenvalue weighted by Gasteiger charge is 2.22. The fourth-order valence-electron chi connectivity index (χ4n) is 3.68. The molecule has 0 atom stereocenters. The molecule has 0 saturated carbocycles. The van der Waals surface area contributed by atoms with Gasteiger partial charge in [-0.1, -0.05) is 18.2 Å². The smallest absolute Gasteiger partial charge is 0.232 e. The van der Waals surface area contributed by atoms with Crippen molar-refractivity contribution in [1.29, 1.82) is 0 Å². The second-order valence-electron chi connectivity index (χ2n) is 7.49. The molecule has 1 aliphatic heterocycles. The average molecular weight is 407 g/mol. The number of benzene rings is 2. The molecule has 1 fully saturated rings. The molecule has 2 aromatic carbocycles. The number of nitrogens with one attached hydrogen (secondary N) is 2. The zero-order valence-corrected chi connectivity index (χ0v) is 17.4. The Morgan fingerprint density at radius 2 is 1.77 bits per heavy atom. The van der Waals surface area contributed by atoms with Crippen molar-refractivity contribution in [3.8, 4) is 5.75 Å². The topological polar surface area (TPSA) is 93.6 Å². The van der Waals surface area contributed by atoms with E-state index in [9.17, 15) is 0 Å². The van der Waals surface area contributed by atoms with Crippen LogP contribution >= 0.6 is 0 Å². The van der Waals surface area contributed by atoms with Crippen LogP contribution in [0.3, 0.4) is 0 Å². The SMILES string of the molecule is COc1ccc(N2CC[NH+](Cc3nc(N)nc(Nc4ccccc4C)n3)CC2)cc1. The molecule has 0 amide bonds. The summed E-state index contributed by atoms with van der Waals surface area (Å²) in [5.41, 5.74) is 9.26. The first-order valence-corrected chi connectivity index (χ1v) is 10.2. The molecule has 4 N–H and O–H groups in total. The summed E-state index contributed by atoms with van der Waals surface area (Å²) in [5.74, 6) is 2.33. The molecule has 1 aromatic heterocycles. The van der Waals surface area contributed by atoms with E-state index in [0.29, 0.717) is 11.8 Å². The average Bonchev–Trinajstić information content (AvgIpc) is 2.76. The van der Waals surface area contributed by atoms with Gasteiger partial charge >= 0.3 is 0 Å². The Labute approximate surface area is 176 Å². The lowest BCUT2D eigenvalue weighted by Gasteiger charge is -2.33. The minimum Gasteiger partial charge on any atom is -0.497 e. The molecule has 3 aromatic rings. The van der Waals surface area contributed by atoms with E-state index in [4.69, 9.17) is 10.5 Å². The van der Waals surface area contributed by atoms with Gasteiger partial charge in [0.1, 0.15) is 12.3 Å². The lowest BCUT2D eigenvalue weighted by Crippen LogP contribution is -3.13. The Kier molecular flexibility index (Phi) is 5.94. The highest BCUT2D eigenvalue weighted by atomic mass is 16.5. The summed E-state index contributed by atoms with van der Waals surface area (Å²) in [6.07, 6.45) is 0. The summed E-state index contributed by atoms with van der Waals surface area (Å²) in [6.45, 7) is 6.76. The first kappa shape index (κ1) is 19.9. The Morgan fingerprint density at radius 1 is 1.03 bits per heavy atom. The number of hydrogen-bond acceptors (Lipinski definition) is 7. The van der Waals surface area contributed by atoms with Gasteiger partial charge in [0, 0.05) is 11.4 Å². The van der Waals surface area contributed by atoms with Crippen LogP contribution in [0.25, 0.3) is 0 Å². The predicted molar refractivity (Wildman–Crippen MR) is 118 cm³/mol. The zero-order valence-electron chi connectivity index (χ0n) is 17.4. The molecule has 156 valence electrons. The third kappa shape index (κ3) is 4.77. The Balaban J connectivity index is 1.38. The highest BCUT2D eigenvalue weighted by molar-refractivity contribution is 5.58. The van der Waals surface area contributed by atoms with E-state index >= 15 is 0 Å². The summed E-state index contributed by atoms with van der Waals surface area (Å²) in [5, 5.41) is 3.26. The van der Waals surface area contributed by atoms with Crippen molar-refractivity contribution in [1.82, 2.24) is 15.0 Å². The number of hydrogen-bond donors (Lipinski definition) is 3. The van der Waals surface area contributed by atoms with Crippen molar-refractivity contribution in [2.45, 2.75) is 13.5 Å². The summed E-state index contributed by atoms with van der Waals surface area (Å²) in [4.78, 5) is 17.0. The van der Waals surface area contributed by atoms with Crippen molar-refractivity contribution < 1.29 is 9.64 Å². The number of quaternary nitrogens is 1. The van der Waals surface area contributed by atoms with Gasteiger partial charge in [-0.15, -0.1) is 0 Å². The Morgan fingerprint density at radius 3 is 2.47 bits per heavy atom. The number of nitrogens with zero attached hydrogens (tertiary/aromatic N) is 4. The van der Waals surface area contributed by atoms with Crippen LogP contribution in [0.2, 0.25) is 0 Å². The number of aryl methyl sites for hydroxylation is 1. The second kappa shape index (κ2) is 8.96. The predicted octanol–water partition coefficient (Wildman–Crippen LogP) is 1.42. The molecular weight excluding hydrogens is 378 g/mol. The number of rotatable bonds is 6. The number of nitrogen functional groups attached to an aromatic ring is 1. The molecule has 1 saturated heterocycles. The van der Waals surface area contributed by atoms with Gasteiger partial charge in [0.15, 0.2) is 5.82 Å². The van der Waals surface area contributed by atoms with E-state index in [2.05, 4.69) is 37.3 Å². The monoisotopic (exact) mass is 406 g/mol. The number of anilines is 4. The number of ether oxygens (including phenoxy) is 1. The number of aromatic nitrogens is 3. The fourth-order valence-corrected chi connectivity index (χ4v) is 3.68. The van der Waals surface area contributed by atoms with Gasteiger partial charge < -0.3 is 25.6 Å². The zero-order chi connectivity index (χ0) is 20.9. The van der Waals surface area contributed by atoms with Crippen molar-refractivity contribution >= 4 is 23.3 Å². The maximum atomic E-state index is 5.95. The first-order chi connectivity index (χ1) is 14.6. The van der Waals surface area contributed by atoms with Crippen molar-refractivity contribution in [3.63, 3.8) is 0 Å². The fraction of sp³-hybridized carbons (Fsp3) is 0.318. The molecule has 4 rings (SSSR count). The van der Waals surface area contributed by atoms with Gasteiger partial charge in [-0.3, -0.25) is 0 Å². The van der Waals surface area contributed by atoms with Gasteiger partial charge in [-0.05, 0) is 42.8 Å². The summed E-state index contributed by atoms with van der Waals surface area (Å²) < 4.78 is 5.25. The van der Waals surface area contributed by atoms with Crippen molar-refractivity contribution in [2.24, 2.45) is 0 Å². The minimum absolute atomic E-state index is 0.243. The van der Waals surface area contributed by atoms with Crippen LogP contribution in [0.5, 0.6) is 5.75 Å². The van der Waals surface area contributed by atoms with Crippen LogP contribution in [-0.2, 0) is 6.54 Å². The van der Waals surface area contributed by atoms with Gasteiger partial charge in [0.2, 0.25) is 11.9 Å². The number of methoxy groups -OCH3 is 1. The van der Waals surface area contributed by atoms with Crippen LogP contribution in [0.15, 0.2) is 48.5 Å². The minimum atomic E-state index is 0.243. The van der Waals surface area contributed by atoms with Crippen LogP contribution in [0.4, 0.5) is 23.3 Å². The van der Waals surface area contributed by atoms with Crippen LogP contribution in [0.1, 0.15) is 11.4 Å². The standard InChI is InChI=1S/C22H27N7O/c1-16-5-3-4-6-19(16)24-22-26-20(25-21(23)27-22)15-28-11-13-29(14-12-28)17-7-9-18(30-2)10-8-17/h3-10H,11-15H2,1-2H3,(H3,23,24,25,26,27)/p+1. The lowest BCUT2D eigenvalue weighted by atomic mass is 10.2. The summed E-state index contributed by atoms with van der Waals surface area (Å²) in [6, 6.07) is 16.3. The molecule has 0 aliphatic carbocycles. The van der Waals surface area contributed by atoms with Gasteiger partial charge in [0.25, 0.3) is 0 Å². The van der Waals surface area contributed by atoms with E-state index < -0.39 is 0 Å².